The highest BCUT2D eigenvalue weighted by Crippen LogP contribution is 2.20. The average Bonchev–Trinajstić information content (AvgIpc) is 3.03. The van der Waals surface area contributed by atoms with E-state index in [0.717, 1.165) is 4.88 Å². The first kappa shape index (κ1) is 15.7. The molecule has 0 aromatic carbocycles. The zero-order valence-electron chi connectivity index (χ0n) is 12.5. The molecule has 0 aliphatic rings. The normalized spacial score (nSPS) is 11.1. The molecule has 0 aliphatic heterocycles. The van der Waals surface area contributed by atoms with Crippen molar-refractivity contribution in [3.63, 3.8) is 0 Å². The van der Waals surface area contributed by atoms with Gasteiger partial charge in [-0.3, -0.25) is 9.59 Å². The quantitative estimate of drug-likeness (QED) is 0.776. The lowest BCUT2D eigenvalue weighted by Crippen LogP contribution is -2.28. The molecule has 1 N–H and O–H groups in total. The highest BCUT2D eigenvalue weighted by molar-refractivity contribution is 7.17. The fourth-order valence-corrected chi connectivity index (χ4v) is 3.45. The van der Waals surface area contributed by atoms with E-state index in [-0.39, 0.29) is 11.5 Å². The Morgan fingerprint density at radius 1 is 1.48 bits per heavy atom. The van der Waals surface area contributed by atoms with Gasteiger partial charge in [0.15, 0.2) is 4.96 Å². The number of hydrogen-bond donors (Lipinski definition) is 1. The van der Waals surface area contributed by atoms with Crippen molar-refractivity contribution in [3.05, 3.63) is 50.1 Å². The minimum Gasteiger partial charge on any atom is -0.351 e. The minimum atomic E-state index is -0.293. The van der Waals surface area contributed by atoms with E-state index in [1.54, 1.807) is 23.9 Å². The first-order valence-electron chi connectivity index (χ1n) is 6.99. The summed E-state index contributed by atoms with van der Waals surface area (Å²) in [6.07, 6.45) is 1.58. The van der Waals surface area contributed by atoms with Crippen molar-refractivity contribution >= 4 is 33.8 Å². The molecule has 3 aromatic rings. The molecule has 9 heteroatoms. The molecule has 0 saturated heterocycles. The average molecular weight is 352 g/mol. The molecule has 3 aromatic heterocycles. The molecular weight excluding hydrogens is 338 g/mol. The smallest absolute Gasteiger partial charge is 0.269 e. The Balaban J connectivity index is 2.08. The highest BCUT2D eigenvalue weighted by atomic mass is 35.5. The number of hydrogen-bond acceptors (Lipinski definition) is 5. The third-order valence-electron chi connectivity index (χ3n) is 3.27. The van der Waals surface area contributed by atoms with E-state index in [2.05, 4.69) is 15.4 Å². The number of amides is 1. The molecule has 0 bridgehead atoms. The maximum atomic E-state index is 12.4. The summed E-state index contributed by atoms with van der Waals surface area (Å²) in [7, 11) is 0. The first-order chi connectivity index (χ1) is 11.0. The van der Waals surface area contributed by atoms with E-state index in [1.165, 1.54) is 21.8 Å². The molecule has 0 atom stereocenters. The van der Waals surface area contributed by atoms with Gasteiger partial charge in [0.25, 0.3) is 11.5 Å². The van der Waals surface area contributed by atoms with Crippen molar-refractivity contribution in [1.29, 1.82) is 0 Å². The standard InChI is InChI=1S/C14H14ClN5O2S/c1-3-16-13(22)12-8(2)23-14-18-9(6-11(21)20(12)14)7-19-10(15)4-5-17-19/h4-6H,3,7H2,1-2H3,(H,16,22). The predicted molar refractivity (Wildman–Crippen MR) is 88.4 cm³/mol. The van der Waals surface area contributed by atoms with Crippen LogP contribution in [0.3, 0.4) is 0 Å². The molecule has 120 valence electrons. The largest absolute Gasteiger partial charge is 0.351 e. The third-order valence-corrected chi connectivity index (χ3v) is 4.55. The fraction of sp³-hybridized carbons (Fsp3) is 0.286. The number of aromatic nitrogens is 4. The van der Waals surface area contributed by atoms with Gasteiger partial charge in [-0.25, -0.2) is 14.1 Å². The summed E-state index contributed by atoms with van der Waals surface area (Å²) in [5, 5.41) is 7.26. The topological polar surface area (TPSA) is 81.3 Å². The Kier molecular flexibility index (Phi) is 4.18. The Labute approximate surface area is 140 Å². The SMILES string of the molecule is CCNC(=O)c1c(C)sc2nc(Cn3nccc3Cl)cc(=O)n12. The van der Waals surface area contributed by atoms with Crippen LogP contribution in [0, 0.1) is 6.92 Å². The van der Waals surface area contributed by atoms with E-state index in [9.17, 15) is 9.59 Å². The number of carbonyl (C=O) groups excluding carboxylic acids is 1. The maximum absolute atomic E-state index is 12.4. The van der Waals surface area contributed by atoms with Gasteiger partial charge in [-0.05, 0) is 19.9 Å². The van der Waals surface area contributed by atoms with E-state index < -0.39 is 0 Å². The second kappa shape index (κ2) is 6.13. The van der Waals surface area contributed by atoms with Crippen molar-refractivity contribution in [1.82, 2.24) is 24.5 Å². The lowest BCUT2D eigenvalue weighted by atomic mass is 10.3. The van der Waals surface area contributed by atoms with Crippen LogP contribution in [0.4, 0.5) is 0 Å². The van der Waals surface area contributed by atoms with Crippen LogP contribution in [0.2, 0.25) is 5.15 Å². The summed E-state index contributed by atoms with van der Waals surface area (Å²) in [6.45, 7) is 4.42. The van der Waals surface area contributed by atoms with Crippen molar-refractivity contribution in [2.75, 3.05) is 6.54 Å². The van der Waals surface area contributed by atoms with E-state index in [0.29, 0.717) is 34.6 Å². The van der Waals surface area contributed by atoms with Gasteiger partial charge in [0.05, 0.1) is 18.4 Å². The molecule has 0 aliphatic carbocycles. The van der Waals surface area contributed by atoms with Crippen LogP contribution in [0.1, 0.15) is 28.0 Å². The van der Waals surface area contributed by atoms with Gasteiger partial charge >= 0.3 is 0 Å². The van der Waals surface area contributed by atoms with Crippen molar-refractivity contribution in [2.24, 2.45) is 0 Å². The number of nitrogens with zero attached hydrogens (tertiary/aromatic N) is 4. The molecule has 3 heterocycles. The first-order valence-corrected chi connectivity index (χ1v) is 8.18. The number of rotatable bonds is 4. The van der Waals surface area contributed by atoms with Crippen LogP contribution in [0.25, 0.3) is 4.96 Å². The Hall–Kier alpha value is -2.19. The van der Waals surface area contributed by atoms with E-state index in [1.807, 2.05) is 6.92 Å². The summed E-state index contributed by atoms with van der Waals surface area (Å²) < 4.78 is 2.89. The van der Waals surface area contributed by atoms with Crippen LogP contribution in [-0.2, 0) is 6.54 Å². The van der Waals surface area contributed by atoms with Gasteiger partial charge in [0, 0.05) is 17.5 Å². The summed E-state index contributed by atoms with van der Waals surface area (Å²) in [6, 6.07) is 3.06. The molecule has 0 radical (unpaired) electrons. The van der Waals surface area contributed by atoms with Gasteiger partial charge in [-0.1, -0.05) is 11.6 Å². The number of fused-ring (bicyclic) bond motifs is 1. The van der Waals surface area contributed by atoms with Crippen molar-refractivity contribution in [3.8, 4) is 0 Å². The molecule has 0 unspecified atom stereocenters. The number of carbonyl (C=O) groups is 1. The highest BCUT2D eigenvalue weighted by Gasteiger charge is 2.19. The monoisotopic (exact) mass is 351 g/mol. The predicted octanol–water partition coefficient (Wildman–Crippen LogP) is 1.71. The van der Waals surface area contributed by atoms with Crippen LogP contribution in [-0.4, -0.2) is 31.6 Å². The van der Waals surface area contributed by atoms with Gasteiger partial charge < -0.3 is 5.32 Å². The zero-order valence-corrected chi connectivity index (χ0v) is 14.1. The van der Waals surface area contributed by atoms with E-state index in [4.69, 9.17) is 11.6 Å². The Morgan fingerprint density at radius 3 is 2.91 bits per heavy atom. The van der Waals surface area contributed by atoms with Gasteiger partial charge in [0.1, 0.15) is 10.8 Å². The third kappa shape index (κ3) is 2.87. The summed E-state index contributed by atoms with van der Waals surface area (Å²) in [5.41, 5.74) is 0.594. The van der Waals surface area contributed by atoms with Crippen LogP contribution in [0.15, 0.2) is 23.1 Å². The summed E-state index contributed by atoms with van der Waals surface area (Å²) >= 11 is 7.30. The molecule has 0 saturated carbocycles. The number of nitrogens with one attached hydrogen (secondary N) is 1. The van der Waals surface area contributed by atoms with Crippen LogP contribution in [0.5, 0.6) is 0 Å². The van der Waals surface area contributed by atoms with Crippen LogP contribution >= 0.6 is 22.9 Å². The van der Waals surface area contributed by atoms with E-state index >= 15 is 0 Å². The number of thiazole rings is 1. The Bertz CT molecular complexity index is 942. The molecule has 3 rings (SSSR count). The molecular formula is C14H14ClN5O2S. The number of halogens is 1. The minimum absolute atomic E-state index is 0.275. The lowest BCUT2D eigenvalue weighted by Gasteiger charge is -2.05. The van der Waals surface area contributed by atoms with Gasteiger partial charge in [-0.2, -0.15) is 5.10 Å². The van der Waals surface area contributed by atoms with Crippen molar-refractivity contribution < 1.29 is 4.79 Å². The Morgan fingerprint density at radius 2 is 2.26 bits per heavy atom. The van der Waals surface area contributed by atoms with Gasteiger partial charge in [-0.15, -0.1) is 11.3 Å². The molecule has 0 fully saturated rings. The van der Waals surface area contributed by atoms with Crippen molar-refractivity contribution in [2.45, 2.75) is 20.4 Å². The molecule has 0 spiro atoms. The van der Waals surface area contributed by atoms with Crippen LogP contribution < -0.4 is 10.9 Å². The molecule has 23 heavy (non-hydrogen) atoms. The number of aryl methyl sites for hydroxylation is 1. The summed E-state index contributed by atoms with van der Waals surface area (Å²) in [5.74, 6) is -0.275. The second-order valence-electron chi connectivity index (χ2n) is 4.88. The lowest BCUT2D eigenvalue weighted by molar-refractivity contribution is 0.0949. The summed E-state index contributed by atoms with van der Waals surface area (Å²) in [4.78, 5) is 30.3. The van der Waals surface area contributed by atoms with Gasteiger partial charge in [0.2, 0.25) is 0 Å². The fourth-order valence-electron chi connectivity index (χ4n) is 2.30. The zero-order chi connectivity index (χ0) is 16.6. The molecule has 7 nitrogen and oxygen atoms in total. The molecule has 1 amide bonds. The maximum Gasteiger partial charge on any atom is 0.269 e. The second-order valence-corrected chi connectivity index (χ2v) is 6.45.